The maximum absolute atomic E-state index is 13.5. The smallest absolute Gasteiger partial charge is 0.318 e. The quantitative estimate of drug-likeness (QED) is 0.452. The highest BCUT2D eigenvalue weighted by Gasteiger charge is 2.22. The van der Waals surface area contributed by atoms with Crippen molar-refractivity contribution in [3.8, 4) is 40.6 Å². The lowest BCUT2D eigenvalue weighted by Crippen LogP contribution is -2.28. The van der Waals surface area contributed by atoms with Gasteiger partial charge in [-0.25, -0.2) is 13.6 Å². The highest BCUT2D eigenvalue weighted by molar-refractivity contribution is 7.15. The Hall–Kier alpha value is -4.55. The molecule has 9 nitrogen and oxygen atoms in total. The van der Waals surface area contributed by atoms with Crippen molar-refractivity contribution in [3.05, 3.63) is 52.3 Å². The van der Waals surface area contributed by atoms with Crippen molar-refractivity contribution in [3.63, 3.8) is 0 Å². The molecular formula is C27H22F2N6O3S. The molecule has 198 valence electrons. The first-order chi connectivity index (χ1) is 18.9. The molecule has 2 fully saturated rings. The van der Waals surface area contributed by atoms with Crippen molar-refractivity contribution in [2.24, 2.45) is 5.92 Å². The number of alkyl halides is 2. The number of amides is 3. The molecule has 0 spiro atoms. The van der Waals surface area contributed by atoms with Crippen LogP contribution in [0.1, 0.15) is 45.9 Å². The molecule has 1 saturated carbocycles. The topological polar surface area (TPSA) is 109 Å². The van der Waals surface area contributed by atoms with E-state index in [1.54, 1.807) is 23.1 Å². The fourth-order valence-corrected chi connectivity index (χ4v) is 4.37. The molecule has 12 heteroatoms. The van der Waals surface area contributed by atoms with Gasteiger partial charge in [-0.1, -0.05) is 29.1 Å². The van der Waals surface area contributed by atoms with Gasteiger partial charge in [-0.3, -0.25) is 15.1 Å². The van der Waals surface area contributed by atoms with Crippen molar-refractivity contribution < 1.29 is 23.1 Å². The molecule has 2 aliphatic rings. The van der Waals surface area contributed by atoms with E-state index < -0.39 is 18.0 Å². The normalized spacial score (nSPS) is 14.3. The van der Waals surface area contributed by atoms with Crippen LogP contribution in [-0.2, 0) is 0 Å². The minimum absolute atomic E-state index is 0.184. The molecule has 39 heavy (non-hydrogen) atoms. The molecule has 3 aromatic rings. The fourth-order valence-electron chi connectivity index (χ4n) is 3.77. The van der Waals surface area contributed by atoms with Gasteiger partial charge in [-0.15, -0.1) is 10.2 Å². The standard InChI is InChI=1S/C27H22F2N6O3S/c1-38-22-15-31-21(24(28)29)14-20(22)19-13-17(3-2-11-35-12-10-30-27(35)37)6-8-18(19)25(36)32-26-34-33-23(39-26)9-7-16-4-5-16/h6,8,13-16,24H,4-5,10-12H2,1H3,(H,30,37)(H,32,34,36). The van der Waals surface area contributed by atoms with Crippen LogP contribution in [0, 0.1) is 29.6 Å². The van der Waals surface area contributed by atoms with E-state index in [0.29, 0.717) is 35.1 Å². The maximum Gasteiger partial charge on any atom is 0.318 e. The zero-order chi connectivity index (χ0) is 27.4. The van der Waals surface area contributed by atoms with E-state index in [1.807, 2.05) is 0 Å². The first-order valence-electron chi connectivity index (χ1n) is 12.1. The van der Waals surface area contributed by atoms with Crippen LogP contribution in [0.25, 0.3) is 11.1 Å². The molecule has 2 aromatic heterocycles. The molecule has 0 unspecified atom stereocenters. The highest BCUT2D eigenvalue weighted by atomic mass is 32.1. The van der Waals surface area contributed by atoms with Crippen LogP contribution in [0.4, 0.5) is 18.7 Å². The second-order valence-corrected chi connectivity index (χ2v) is 9.71. The number of methoxy groups -OCH3 is 1. The van der Waals surface area contributed by atoms with Gasteiger partial charge >= 0.3 is 6.03 Å². The van der Waals surface area contributed by atoms with Crippen LogP contribution in [0.2, 0.25) is 0 Å². The van der Waals surface area contributed by atoms with E-state index in [4.69, 9.17) is 4.74 Å². The number of rotatable bonds is 6. The van der Waals surface area contributed by atoms with Gasteiger partial charge in [0, 0.05) is 35.7 Å². The number of hydrogen-bond donors (Lipinski definition) is 2. The fraction of sp³-hybridized carbons (Fsp3) is 0.296. The maximum atomic E-state index is 13.5. The number of nitrogens with one attached hydrogen (secondary N) is 2. The van der Waals surface area contributed by atoms with Crippen molar-refractivity contribution in [2.75, 3.05) is 32.1 Å². The summed E-state index contributed by atoms with van der Waals surface area (Å²) in [5, 5.41) is 14.2. The lowest BCUT2D eigenvalue weighted by molar-refractivity contribution is 0.102. The Balaban J connectivity index is 1.48. The number of carbonyl (C=O) groups excluding carboxylic acids is 2. The second-order valence-electron chi connectivity index (χ2n) is 8.74. The van der Waals surface area contributed by atoms with Gasteiger partial charge in [0.15, 0.2) is 5.01 Å². The molecular weight excluding hydrogens is 526 g/mol. The Labute approximate surface area is 227 Å². The Morgan fingerprint density at radius 1 is 1.26 bits per heavy atom. The Kier molecular flexibility index (Phi) is 7.66. The summed E-state index contributed by atoms with van der Waals surface area (Å²) in [5.74, 6) is 12.1. The van der Waals surface area contributed by atoms with Gasteiger partial charge in [0.25, 0.3) is 12.3 Å². The van der Waals surface area contributed by atoms with E-state index in [-0.39, 0.29) is 34.6 Å². The zero-order valence-electron chi connectivity index (χ0n) is 20.8. The zero-order valence-corrected chi connectivity index (χ0v) is 21.6. The number of hydrogen-bond acceptors (Lipinski definition) is 7. The number of nitrogens with zero attached hydrogens (tertiary/aromatic N) is 4. The van der Waals surface area contributed by atoms with Crippen LogP contribution in [0.15, 0.2) is 30.5 Å². The molecule has 3 amide bonds. The van der Waals surface area contributed by atoms with Gasteiger partial charge in [-0.05, 0) is 48.6 Å². The summed E-state index contributed by atoms with van der Waals surface area (Å²) in [6.07, 6.45) is 0.534. The third-order valence-electron chi connectivity index (χ3n) is 5.94. The third kappa shape index (κ3) is 6.30. The largest absolute Gasteiger partial charge is 0.494 e. The van der Waals surface area contributed by atoms with Gasteiger partial charge in [0.05, 0.1) is 19.9 Å². The number of urea groups is 1. The molecule has 5 rings (SSSR count). The number of pyridine rings is 1. The molecule has 2 N–H and O–H groups in total. The summed E-state index contributed by atoms with van der Waals surface area (Å²) >= 11 is 1.15. The van der Waals surface area contributed by atoms with Gasteiger partial charge in [-0.2, -0.15) is 0 Å². The average Bonchev–Trinajstić information content (AvgIpc) is 3.52. The van der Waals surface area contributed by atoms with Crippen LogP contribution < -0.4 is 15.4 Å². The minimum Gasteiger partial charge on any atom is -0.494 e. The van der Waals surface area contributed by atoms with E-state index in [9.17, 15) is 18.4 Å². The van der Waals surface area contributed by atoms with Gasteiger partial charge in [0.2, 0.25) is 5.13 Å². The molecule has 0 atom stereocenters. The van der Waals surface area contributed by atoms with E-state index in [0.717, 1.165) is 24.2 Å². The Morgan fingerprint density at radius 3 is 2.82 bits per heavy atom. The van der Waals surface area contributed by atoms with Crippen LogP contribution >= 0.6 is 11.3 Å². The summed E-state index contributed by atoms with van der Waals surface area (Å²) in [4.78, 5) is 30.4. The summed E-state index contributed by atoms with van der Waals surface area (Å²) in [6, 6.07) is 5.82. The lowest BCUT2D eigenvalue weighted by atomic mass is 9.96. The summed E-state index contributed by atoms with van der Waals surface area (Å²) in [7, 11) is 1.39. The predicted molar refractivity (Wildman–Crippen MR) is 140 cm³/mol. The van der Waals surface area contributed by atoms with E-state index in [1.165, 1.54) is 19.4 Å². The number of aromatic nitrogens is 3. The van der Waals surface area contributed by atoms with Crippen LogP contribution in [0.3, 0.4) is 0 Å². The summed E-state index contributed by atoms with van der Waals surface area (Å²) in [6.45, 7) is 1.34. The molecule has 1 saturated heterocycles. The van der Waals surface area contributed by atoms with Crippen molar-refractivity contribution in [1.29, 1.82) is 0 Å². The number of ether oxygens (including phenoxy) is 1. The molecule has 0 bridgehead atoms. The first kappa shape index (κ1) is 26.1. The first-order valence-corrected chi connectivity index (χ1v) is 12.9. The molecule has 1 aliphatic heterocycles. The Bertz CT molecular complexity index is 1550. The average molecular weight is 549 g/mol. The third-order valence-corrected chi connectivity index (χ3v) is 6.69. The number of halogens is 2. The van der Waals surface area contributed by atoms with Crippen LogP contribution in [-0.4, -0.2) is 58.8 Å². The van der Waals surface area contributed by atoms with Crippen molar-refractivity contribution in [2.45, 2.75) is 19.3 Å². The molecule has 1 aromatic carbocycles. The summed E-state index contributed by atoms with van der Waals surface area (Å²) < 4.78 is 32.4. The van der Waals surface area contributed by atoms with Gasteiger partial charge < -0.3 is 15.0 Å². The van der Waals surface area contributed by atoms with Crippen molar-refractivity contribution >= 4 is 28.4 Å². The van der Waals surface area contributed by atoms with Crippen molar-refractivity contribution in [1.82, 2.24) is 25.4 Å². The minimum atomic E-state index is -2.82. The van der Waals surface area contributed by atoms with Crippen LogP contribution in [0.5, 0.6) is 5.75 Å². The SMILES string of the molecule is COc1cnc(C(F)F)cc1-c1cc(C#CCN2CCNC2=O)ccc1C(=O)Nc1nnc(C#CC2CC2)s1. The number of carbonyl (C=O) groups is 2. The van der Waals surface area contributed by atoms with E-state index >= 15 is 0 Å². The number of benzene rings is 1. The summed E-state index contributed by atoms with van der Waals surface area (Å²) in [5.41, 5.74) is 0.815. The number of anilines is 1. The highest BCUT2D eigenvalue weighted by Crippen LogP contribution is 2.35. The second kappa shape index (κ2) is 11.5. The molecule has 1 aliphatic carbocycles. The van der Waals surface area contributed by atoms with E-state index in [2.05, 4.69) is 49.5 Å². The molecule has 3 heterocycles. The predicted octanol–water partition coefficient (Wildman–Crippen LogP) is 3.94. The lowest BCUT2D eigenvalue weighted by Gasteiger charge is -2.14. The molecule has 0 radical (unpaired) electrons. The Morgan fingerprint density at radius 2 is 2.10 bits per heavy atom. The van der Waals surface area contributed by atoms with Gasteiger partial charge in [0.1, 0.15) is 11.4 Å². The monoisotopic (exact) mass is 548 g/mol.